The summed E-state index contributed by atoms with van der Waals surface area (Å²) in [7, 11) is 0. The van der Waals surface area contributed by atoms with E-state index in [9.17, 15) is 14.0 Å². The number of halogens is 4. The van der Waals surface area contributed by atoms with Gasteiger partial charge < -0.3 is 14.5 Å². The lowest BCUT2D eigenvalue weighted by atomic mass is 9.83. The number of alkyl halides is 2. The lowest BCUT2D eigenvalue weighted by Crippen LogP contribution is -2.52. The highest BCUT2D eigenvalue weighted by Crippen LogP contribution is 2.47. The molecule has 0 amide bonds. The molecule has 4 heterocycles. The molecule has 3 atom stereocenters. The molecule has 4 aromatic carbocycles. The van der Waals surface area contributed by atoms with Crippen molar-refractivity contribution in [3.05, 3.63) is 171 Å². The Morgan fingerprint density at radius 3 is 2.02 bits per heavy atom. The van der Waals surface area contributed by atoms with Crippen LogP contribution in [0, 0.1) is 11.6 Å². The van der Waals surface area contributed by atoms with Crippen molar-refractivity contribution in [2.75, 3.05) is 36.0 Å². The standard InChI is InChI=1S/C45H44F4N10O3/c1-4-40(30(2)62-28-31-8-6-5-7-9-31)58-43(61)57(29-51-58)37-18-16-36(17-19-37)56-24-22-55(23-25-56)35-14-10-32(11-15-35)33-12-21-41(50-27-33)45(48,49)44(3,59-42(60)52-53-54-59)38-20-13-34(46)26-39(38)47/h5-21,26-27,29-30,40H,4,22-25,28H2,1-3H3,(H,52,54,60)/t30-,40-,44+/m0/s1. The van der Waals surface area contributed by atoms with Gasteiger partial charge in [-0.3, -0.25) is 4.98 Å². The van der Waals surface area contributed by atoms with Crippen LogP contribution in [0.5, 0.6) is 0 Å². The number of ether oxygens (including phenoxy) is 1. The number of aromatic amines is 1. The monoisotopic (exact) mass is 848 g/mol. The number of piperazine rings is 1. The minimum absolute atomic E-state index is 0.224. The third-order valence-corrected chi connectivity index (χ3v) is 11.7. The smallest absolute Gasteiger partial charge is 0.362 e. The highest BCUT2D eigenvalue weighted by Gasteiger charge is 2.58. The molecule has 3 aromatic heterocycles. The molecule has 320 valence electrons. The normalized spacial score (nSPS) is 15.3. The Hall–Kier alpha value is -6.88. The van der Waals surface area contributed by atoms with Crippen LogP contribution in [0.15, 0.2) is 131 Å². The van der Waals surface area contributed by atoms with Crippen molar-refractivity contribution >= 4 is 11.4 Å². The van der Waals surface area contributed by atoms with Crippen LogP contribution in [0.1, 0.15) is 50.1 Å². The third-order valence-electron chi connectivity index (χ3n) is 11.7. The van der Waals surface area contributed by atoms with Crippen molar-refractivity contribution in [1.82, 2.24) is 39.5 Å². The van der Waals surface area contributed by atoms with Crippen LogP contribution in [-0.2, 0) is 22.8 Å². The number of anilines is 2. The van der Waals surface area contributed by atoms with Crippen molar-refractivity contribution in [2.45, 2.75) is 57.4 Å². The predicted molar refractivity (Wildman–Crippen MR) is 226 cm³/mol. The molecule has 0 saturated carbocycles. The zero-order chi connectivity index (χ0) is 43.6. The summed E-state index contributed by atoms with van der Waals surface area (Å²) in [5.41, 5.74) is -0.419. The maximum absolute atomic E-state index is 16.5. The van der Waals surface area contributed by atoms with E-state index in [1.54, 1.807) is 10.9 Å². The largest absolute Gasteiger partial charge is 0.372 e. The molecule has 1 fully saturated rings. The van der Waals surface area contributed by atoms with Crippen molar-refractivity contribution in [2.24, 2.45) is 0 Å². The van der Waals surface area contributed by atoms with Crippen LogP contribution in [0.2, 0.25) is 0 Å². The van der Waals surface area contributed by atoms with E-state index in [2.05, 4.69) is 30.3 Å². The van der Waals surface area contributed by atoms with Crippen LogP contribution in [0.3, 0.4) is 0 Å². The molecule has 0 spiro atoms. The lowest BCUT2D eigenvalue weighted by molar-refractivity contribution is -0.104. The van der Waals surface area contributed by atoms with Gasteiger partial charge in [0.25, 0.3) is 0 Å². The molecule has 0 unspecified atom stereocenters. The number of H-pyrrole nitrogens is 1. The average molecular weight is 849 g/mol. The van der Waals surface area contributed by atoms with Crippen LogP contribution in [0.4, 0.5) is 28.9 Å². The number of hydrogen-bond acceptors (Lipinski definition) is 9. The first-order valence-electron chi connectivity index (χ1n) is 20.2. The fraction of sp³-hybridized carbons (Fsp3) is 0.289. The Morgan fingerprint density at radius 1 is 0.806 bits per heavy atom. The maximum Gasteiger partial charge on any atom is 0.362 e. The minimum Gasteiger partial charge on any atom is -0.372 e. The highest BCUT2D eigenvalue weighted by molar-refractivity contribution is 5.66. The summed E-state index contributed by atoms with van der Waals surface area (Å²) < 4.78 is 71.3. The fourth-order valence-corrected chi connectivity index (χ4v) is 8.04. The lowest BCUT2D eigenvalue weighted by Gasteiger charge is -2.37. The Kier molecular flexibility index (Phi) is 11.6. The first-order valence-corrected chi connectivity index (χ1v) is 20.2. The van der Waals surface area contributed by atoms with Gasteiger partial charge in [-0.15, -0.1) is 0 Å². The zero-order valence-corrected chi connectivity index (χ0v) is 34.2. The van der Waals surface area contributed by atoms with E-state index in [4.69, 9.17) is 4.74 Å². The van der Waals surface area contributed by atoms with Gasteiger partial charge in [0.1, 0.15) is 23.7 Å². The van der Waals surface area contributed by atoms with Gasteiger partial charge in [-0.25, -0.2) is 32.7 Å². The van der Waals surface area contributed by atoms with Crippen molar-refractivity contribution in [3.63, 3.8) is 0 Å². The van der Waals surface area contributed by atoms with Gasteiger partial charge in [0.15, 0.2) is 5.54 Å². The molecular formula is C45H44F4N10O3. The second kappa shape index (κ2) is 17.2. The molecule has 13 nitrogen and oxygen atoms in total. The van der Waals surface area contributed by atoms with E-state index in [1.165, 1.54) is 16.9 Å². The minimum atomic E-state index is -4.01. The zero-order valence-electron chi connectivity index (χ0n) is 34.2. The number of rotatable bonds is 14. The maximum atomic E-state index is 16.5. The van der Waals surface area contributed by atoms with Gasteiger partial charge >= 0.3 is 17.3 Å². The van der Waals surface area contributed by atoms with E-state index < -0.39 is 40.0 Å². The van der Waals surface area contributed by atoms with E-state index in [-0.39, 0.29) is 17.8 Å². The average Bonchev–Trinajstić information content (AvgIpc) is 3.91. The number of tetrazole rings is 1. The van der Waals surface area contributed by atoms with E-state index >= 15 is 13.2 Å². The molecule has 1 N–H and O–H groups in total. The fourth-order valence-electron chi connectivity index (χ4n) is 8.04. The molecular weight excluding hydrogens is 805 g/mol. The van der Waals surface area contributed by atoms with Crippen LogP contribution in [-0.4, -0.2) is 71.8 Å². The molecule has 1 saturated heterocycles. The van der Waals surface area contributed by atoms with Gasteiger partial charge in [0.05, 0.1) is 24.4 Å². The summed E-state index contributed by atoms with van der Waals surface area (Å²) in [6.07, 6.45) is 3.29. The Balaban J connectivity index is 0.896. The molecule has 62 heavy (non-hydrogen) atoms. The molecule has 1 aliphatic heterocycles. The topological polar surface area (TPSA) is 132 Å². The van der Waals surface area contributed by atoms with Crippen LogP contribution < -0.4 is 21.2 Å². The number of aromatic nitrogens is 8. The summed E-state index contributed by atoms with van der Waals surface area (Å²) in [6.45, 7) is 8.39. The Bertz CT molecular complexity index is 2730. The van der Waals surface area contributed by atoms with Crippen molar-refractivity contribution < 1.29 is 22.3 Å². The van der Waals surface area contributed by atoms with Crippen LogP contribution >= 0.6 is 0 Å². The Morgan fingerprint density at radius 2 is 1.44 bits per heavy atom. The molecule has 1 aliphatic rings. The van der Waals surface area contributed by atoms with E-state index in [0.29, 0.717) is 29.3 Å². The molecule has 8 rings (SSSR count). The second-order valence-corrected chi connectivity index (χ2v) is 15.4. The number of benzene rings is 4. The molecule has 0 aliphatic carbocycles. The summed E-state index contributed by atoms with van der Waals surface area (Å²) in [5.74, 6) is -6.27. The quantitative estimate of drug-likeness (QED) is 0.114. The van der Waals surface area contributed by atoms with Crippen LogP contribution in [0.25, 0.3) is 16.8 Å². The number of pyridine rings is 1. The molecule has 0 radical (unpaired) electrons. The number of nitrogens with one attached hydrogen (secondary N) is 1. The summed E-state index contributed by atoms with van der Waals surface area (Å²) in [4.78, 5) is 34.6. The number of hydrogen-bond donors (Lipinski definition) is 1. The van der Waals surface area contributed by atoms with E-state index in [1.807, 2.05) is 97.8 Å². The first kappa shape index (κ1) is 41.8. The van der Waals surface area contributed by atoms with Gasteiger partial charge in [0.2, 0.25) is 0 Å². The van der Waals surface area contributed by atoms with Gasteiger partial charge in [0, 0.05) is 60.9 Å². The SMILES string of the molecule is CC[C@@H]([C@H](C)OCc1ccccc1)n1ncn(-c2ccc(N3CCN(c4ccc(-c5ccc(C(F)(F)[C@@](C)(c6ccc(F)cc6F)n6nn[nH]c6=O)nc5)cc4)CC3)cc2)c1=O. The predicted octanol–water partition coefficient (Wildman–Crippen LogP) is 7.09. The molecule has 17 heteroatoms. The van der Waals surface area contributed by atoms with Gasteiger partial charge in [-0.1, -0.05) is 61.5 Å². The number of nitrogens with zero attached hydrogens (tertiary/aromatic N) is 9. The molecule has 0 bridgehead atoms. The Labute approximate surface area is 353 Å². The van der Waals surface area contributed by atoms with Crippen molar-refractivity contribution in [1.29, 1.82) is 0 Å². The highest BCUT2D eigenvalue weighted by atomic mass is 19.3. The van der Waals surface area contributed by atoms with Gasteiger partial charge in [-0.05, 0) is 90.4 Å². The van der Waals surface area contributed by atoms with E-state index in [0.717, 1.165) is 79.5 Å². The first-order chi connectivity index (χ1) is 29.9. The third kappa shape index (κ3) is 7.90. The van der Waals surface area contributed by atoms with Gasteiger partial charge in [-0.2, -0.15) is 18.6 Å². The summed E-state index contributed by atoms with van der Waals surface area (Å²) in [5, 5.41) is 13.2. The van der Waals surface area contributed by atoms with Crippen molar-refractivity contribution in [3.8, 4) is 16.8 Å². The second-order valence-electron chi connectivity index (χ2n) is 15.4. The summed E-state index contributed by atoms with van der Waals surface area (Å²) >= 11 is 0. The molecule has 7 aromatic rings. The summed E-state index contributed by atoms with van der Waals surface area (Å²) in [6, 6.07) is 30.0.